The van der Waals surface area contributed by atoms with Crippen LogP contribution in [0.5, 0.6) is 0 Å². The van der Waals surface area contributed by atoms with Crippen molar-refractivity contribution in [1.29, 1.82) is 0 Å². The van der Waals surface area contributed by atoms with Crippen molar-refractivity contribution in [2.45, 2.75) is 6.54 Å². The molecule has 0 saturated heterocycles. The quantitative estimate of drug-likeness (QED) is 0.662. The van der Waals surface area contributed by atoms with Gasteiger partial charge in [-0.25, -0.2) is 14.3 Å². The Morgan fingerprint density at radius 2 is 1.90 bits per heavy atom. The fourth-order valence-corrected chi connectivity index (χ4v) is 2.36. The Balaban J connectivity index is 2.28. The fourth-order valence-electron chi connectivity index (χ4n) is 2.36. The van der Waals surface area contributed by atoms with Crippen LogP contribution in [0.3, 0.4) is 0 Å². The first-order valence-electron chi connectivity index (χ1n) is 6.30. The highest BCUT2D eigenvalue weighted by molar-refractivity contribution is 5.64. The first kappa shape index (κ1) is 12.4. The zero-order valence-electron chi connectivity index (χ0n) is 11.3. The lowest BCUT2D eigenvalue weighted by Crippen LogP contribution is -2.43. The standard InChI is InChI=1S/C14H14N4O2/c1-16-9-15-12-11(16)13(19)18(14(20)17(12)2)8-10-6-4-3-5-7-10/h3-7,9H,8H2,1-2H3/p+1. The Kier molecular flexibility index (Phi) is 2.78. The second-order valence-electron chi connectivity index (χ2n) is 4.80. The number of aromatic amines is 1. The molecule has 0 atom stereocenters. The Bertz CT molecular complexity index is 887. The number of rotatable bonds is 2. The molecule has 6 nitrogen and oxygen atoms in total. The summed E-state index contributed by atoms with van der Waals surface area (Å²) in [7, 11) is 3.43. The number of nitrogens with zero attached hydrogens (tertiary/aromatic N) is 3. The molecule has 2 aromatic heterocycles. The van der Waals surface area contributed by atoms with Gasteiger partial charge in [0.2, 0.25) is 6.33 Å². The van der Waals surface area contributed by atoms with Crippen LogP contribution in [-0.4, -0.2) is 14.1 Å². The predicted octanol–water partition coefficient (Wildman–Crippen LogP) is -0.0989. The highest BCUT2D eigenvalue weighted by atomic mass is 16.2. The minimum absolute atomic E-state index is 0.271. The fraction of sp³-hybridized carbons (Fsp3) is 0.214. The molecule has 0 saturated carbocycles. The molecule has 0 spiro atoms. The smallest absolute Gasteiger partial charge is 0.264 e. The van der Waals surface area contributed by atoms with Gasteiger partial charge >= 0.3 is 11.2 Å². The normalized spacial score (nSPS) is 11.1. The number of nitrogens with one attached hydrogen (secondary N) is 1. The first-order valence-corrected chi connectivity index (χ1v) is 6.30. The van der Waals surface area contributed by atoms with Crippen molar-refractivity contribution in [1.82, 2.24) is 14.1 Å². The van der Waals surface area contributed by atoms with E-state index in [9.17, 15) is 9.59 Å². The van der Waals surface area contributed by atoms with E-state index in [-0.39, 0.29) is 17.8 Å². The molecule has 0 aliphatic heterocycles. The molecule has 0 unspecified atom stereocenters. The van der Waals surface area contributed by atoms with Gasteiger partial charge in [0, 0.05) is 7.05 Å². The third-order valence-electron chi connectivity index (χ3n) is 3.46. The molecule has 0 aliphatic carbocycles. The van der Waals surface area contributed by atoms with Crippen molar-refractivity contribution in [2.75, 3.05) is 0 Å². The highest BCUT2D eigenvalue weighted by Gasteiger charge is 2.19. The summed E-state index contributed by atoms with van der Waals surface area (Å²) in [4.78, 5) is 27.8. The maximum atomic E-state index is 12.5. The van der Waals surface area contributed by atoms with Crippen LogP contribution in [0.1, 0.15) is 5.56 Å². The van der Waals surface area contributed by atoms with E-state index in [2.05, 4.69) is 4.98 Å². The SMILES string of the molecule is Cn1c(=O)n(Cc2ccccc2)c(=O)c2c1[nH]c[n+]2C. The number of benzene rings is 1. The molecule has 2 heterocycles. The largest absolute Gasteiger partial charge is 0.334 e. The molecule has 0 fully saturated rings. The number of fused-ring (bicyclic) bond motifs is 1. The number of aryl methyl sites for hydroxylation is 2. The second-order valence-corrected chi connectivity index (χ2v) is 4.80. The van der Waals surface area contributed by atoms with Gasteiger partial charge < -0.3 is 0 Å². The van der Waals surface area contributed by atoms with E-state index < -0.39 is 0 Å². The molecule has 20 heavy (non-hydrogen) atoms. The predicted molar refractivity (Wildman–Crippen MR) is 74.5 cm³/mol. The molecule has 0 amide bonds. The van der Waals surface area contributed by atoms with Gasteiger partial charge in [0.1, 0.15) is 0 Å². The summed E-state index contributed by atoms with van der Waals surface area (Å²) >= 11 is 0. The summed E-state index contributed by atoms with van der Waals surface area (Å²) in [6.45, 7) is 0.271. The number of imidazole rings is 1. The molecular formula is C14H15N4O2+. The Hall–Kier alpha value is -2.63. The van der Waals surface area contributed by atoms with Crippen molar-refractivity contribution in [3.63, 3.8) is 0 Å². The molecule has 1 N–H and O–H groups in total. The van der Waals surface area contributed by atoms with E-state index in [1.165, 1.54) is 9.13 Å². The minimum atomic E-state index is -0.325. The first-order chi connectivity index (χ1) is 9.59. The third kappa shape index (κ3) is 1.77. The lowest BCUT2D eigenvalue weighted by atomic mass is 10.2. The van der Waals surface area contributed by atoms with E-state index >= 15 is 0 Å². The number of hydrogen-bond acceptors (Lipinski definition) is 2. The summed E-state index contributed by atoms with van der Waals surface area (Å²) in [5.41, 5.74) is 1.34. The third-order valence-corrected chi connectivity index (χ3v) is 3.46. The molecular weight excluding hydrogens is 256 g/mol. The van der Waals surface area contributed by atoms with Crippen LogP contribution < -0.4 is 15.8 Å². The lowest BCUT2D eigenvalue weighted by molar-refractivity contribution is -0.645. The molecule has 0 radical (unpaired) electrons. The average molecular weight is 271 g/mol. The molecule has 3 rings (SSSR count). The van der Waals surface area contributed by atoms with Gasteiger partial charge in [0.15, 0.2) is 0 Å². The molecule has 1 aromatic carbocycles. The van der Waals surface area contributed by atoms with Crippen molar-refractivity contribution in [3.8, 4) is 0 Å². The number of aromatic nitrogens is 4. The van der Waals surface area contributed by atoms with Crippen molar-refractivity contribution >= 4 is 11.2 Å². The summed E-state index contributed by atoms with van der Waals surface area (Å²) in [6.07, 6.45) is 1.67. The Labute approximate surface area is 114 Å². The maximum absolute atomic E-state index is 12.5. The van der Waals surface area contributed by atoms with E-state index in [1.807, 2.05) is 30.3 Å². The summed E-state index contributed by atoms with van der Waals surface area (Å²) in [5, 5.41) is 0. The highest BCUT2D eigenvalue weighted by Crippen LogP contribution is 2.01. The zero-order chi connectivity index (χ0) is 14.3. The average Bonchev–Trinajstić information content (AvgIpc) is 2.84. The second kappa shape index (κ2) is 4.48. The van der Waals surface area contributed by atoms with Crippen molar-refractivity contribution in [3.05, 3.63) is 63.1 Å². The molecule has 0 bridgehead atoms. The summed E-state index contributed by atoms with van der Waals surface area (Å²) < 4.78 is 4.41. The summed E-state index contributed by atoms with van der Waals surface area (Å²) in [5.74, 6) is 0. The maximum Gasteiger partial charge on any atom is 0.334 e. The van der Waals surface area contributed by atoms with Crippen molar-refractivity contribution in [2.24, 2.45) is 14.1 Å². The monoisotopic (exact) mass is 271 g/mol. The van der Waals surface area contributed by atoms with Gasteiger partial charge in [0.05, 0.1) is 13.6 Å². The van der Waals surface area contributed by atoms with E-state index in [1.54, 1.807) is 25.0 Å². The van der Waals surface area contributed by atoms with Crippen LogP contribution >= 0.6 is 0 Å². The Morgan fingerprint density at radius 1 is 1.20 bits per heavy atom. The molecule has 3 aromatic rings. The van der Waals surface area contributed by atoms with E-state index in [0.717, 1.165) is 5.56 Å². The van der Waals surface area contributed by atoms with Crippen LogP contribution in [0.2, 0.25) is 0 Å². The van der Waals surface area contributed by atoms with E-state index in [4.69, 9.17) is 0 Å². The minimum Gasteiger partial charge on any atom is -0.264 e. The Morgan fingerprint density at radius 3 is 2.60 bits per heavy atom. The van der Waals surface area contributed by atoms with Crippen LogP contribution in [0, 0.1) is 0 Å². The summed E-state index contributed by atoms with van der Waals surface area (Å²) in [6, 6.07) is 9.47. The lowest BCUT2D eigenvalue weighted by Gasteiger charge is -2.06. The van der Waals surface area contributed by atoms with Gasteiger partial charge in [-0.15, -0.1) is 0 Å². The van der Waals surface area contributed by atoms with Crippen LogP contribution in [0.4, 0.5) is 0 Å². The van der Waals surface area contributed by atoms with Crippen molar-refractivity contribution < 1.29 is 4.57 Å². The van der Waals surface area contributed by atoms with Gasteiger partial charge in [-0.1, -0.05) is 30.3 Å². The zero-order valence-corrected chi connectivity index (χ0v) is 11.3. The molecule has 6 heteroatoms. The molecule has 102 valence electrons. The van der Waals surface area contributed by atoms with E-state index in [0.29, 0.717) is 11.2 Å². The van der Waals surface area contributed by atoms with Crippen LogP contribution in [0.15, 0.2) is 46.2 Å². The van der Waals surface area contributed by atoms with Gasteiger partial charge in [0.25, 0.3) is 11.2 Å². The van der Waals surface area contributed by atoms with Gasteiger partial charge in [-0.3, -0.25) is 13.9 Å². The van der Waals surface area contributed by atoms with Gasteiger partial charge in [-0.2, -0.15) is 0 Å². The van der Waals surface area contributed by atoms with Crippen LogP contribution in [0.25, 0.3) is 11.2 Å². The van der Waals surface area contributed by atoms with Crippen LogP contribution in [-0.2, 0) is 20.6 Å². The number of H-pyrrole nitrogens is 1. The van der Waals surface area contributed by atoms with Gasteiger partial charge in [-0.05, 0) is 5.56 Å². The molecule has 0 aliphatic rings. The topological polar surface area (TPSA) is 63.7 Å². The number of hydrogen-bond donors (Lipinski definition) is 1.